The molecule has 0 spiro atoms. The minimum Gasteiger partial charge on any atom is -0.481 e. The van der Waals surface area contributed by atoms with Gasteiger partial charge < -0.3 is 19.5 Å². The van der Waals surface area contributed by atoms with Gasteiger partial charge in [-0.25, -0.2) is 23.1 Å². The van der Waals surface area contributed by atoms with Gasteiger partial charge in [-0.15, -0.1) is 0 Å². The zero-order chi connectivity index (χ0) is 27.2. The number of pyridine rings is 3. The zero-order valence-corrected chi connectivity index (χ0v) is 21.8. The fourth-order valence-corrected chi connectivity index (χ4v) is 5.90. The van der Waals surface area contributed by atoms with Crippen LogP contribution in [-0.4, -0.2) is 46.9 Å². The third-order valence-electron chi connectivity index (χ3n) is 8.32. The Morgan fingerprint density at radius 3 is 2.44 bits per heavy atom. The molecule has 7 rings (SSSR count). The van der Waals surface area contributed by atoms with Gasteiger partial charge in [-0.3, -0.25) is 4.98 Å². The summed E-state index contributed by atoms with van der Waals surface area (Å²) in [6.07, 6.45) is 5.81. The Labute approximate surface area is 223 Å². The predicted octanol–water partition coefficient (Wildman–Crippen LogP) is 5.42. The Morgan fingerprint density at radius 2 is 1.72 bits per heavy atom. The van der Waals surface area contributed by atoms with E-state index in [9.17, 15) is 13.2 Å². The van der Waals surface area contributed by atoms with Crippen molar-refractivity contribution in [3.63, 3.8) is 0 Å². The van der Waals surface area contributed by atoms with E-state index in [1.54, 1.807) is 18.2 Å². The lowest BCUT2D eigenvalue weighted by Gasteiger charge is -2.53. The summed E-state index contributed by atoms with van der Waals surface area (Å²) in [6.45, 7) is 0.880. The van der Waals surface area contributed by atoms with E-state index in [1.165, 1.54) is 20.4 Å². The van der Waals surface area contributed by atoms with Crippen LogP contribution >= 0.6 is 0 Å². The maximum Gasteiger partial charge on any atom is 0.218 e. The van der Waals surface area contributed by atoms with E-state index in [1.807, 2.05) is 0 Å². The van der Waals surface area contributed by atoms with Gasteiger partial charge in [-0.1, -0.05) is 0 Å². The smallest absolute Gasteiger partial charge is 0.218 e. The van der Waals surface area contributed by atoms with Crippen LogP contribution in [0.2, 0.25) is 0 Å². The zero-order valence-electron chi connectivity index (χ0n) is 21.8. The highest BCUT2D eigenvalue weighted by Gasteiger charge is 2.49. The standard InChI is InChI=1S/C29H29F3N4O3/c1-37-24-6-5-23-26(35-24)18(22(32)15-33-23)7-8-29-11-9-28(10-12-29,16-39-29)34-14-17-13-19-20(30)3-4-21(31)25(19)36-27(17)38-2/h3-6,13,15,34H,7-12,14,16H2,1-2H3. The van der Waals surface area contributed by atoms with Gasteiger partial charge in [0.25, 0.3) is 0 Å². The first-order valence-corrected chi connectivity index (χ1v) is 13.0. The second-order valence-electron chi connectivity index (χ2n) is 10.5. The van der Waals surface area contributed by atoms with E-state index in [0.717, 1.165) is 37.8 Å². The van der Waals surface area contributed by atoms with Gasteiger partial charge in [0.15, 0.2) is 0 Å². The van der Waals surface area contributed by atoms with Gasteiger partial charge in [-0.2, -0.15) is 0 Å². The van der Waals surface area contributed by atoms with Crippen LogP contribution in [0.25, 0.3) is 21.9 Å². The molecule has 1 aromatic carbocycles. The molecule has 5 heterocycles. The molecule has 2 bridgehead atoms. The van der Waals surface area contributed by atoms with E-state index in [-0.39, 0.29) is 33.7 Å². The van der Waals surface area contributed by atoms with Crippen molar-refractivity contribution in [1.82, 2.24) is 20.3 Å². The topological polar surface area (TPSA) is 78.4 Å². The number of halogens is 3. The summed E-state index contributed by atoms with van der Waals surface area (Å²) in [4.78, 5) is 12.8. The SMILES string of the molecule is COc1ccc2ncc(F)c(CCC34CCC(NCc5cc6c(F)ccc(F)c6nc5OC)(CC3)CO4)c2n1. The molecule has 204 valence electrons. The van der Waals surface area contributed by atoms with Crippen molar-refractivity contribution in [2.24, 2.45) is 0 Å². The first-order valence-electron chi connectivity index (χ1n) is 13.0. The number of methoxy groups -OCH3 is 2. The summed E-state index contributed by atoms with van der Waals surface area (Å²) in [5.74, 6) is -0.827. The molecule has 0 amide bonds. The van der Waals surface area contributed by atoms with Crippen LogP contribution in [0.3, 0.4) is 0 Å². The van der Waals surface area contributed by atoms with E-state index in [2.05, 4.69) is 20.3 Å². The van der Waals surface area contributed by atoms with E-state index < -0.39 is 11.6 Å². The molecule has 3 aliphatic rings. The van der Waals surface area contributed by atoms with Gasteiger partial charge in [0.1, 0.15) is 23.0 Å². The molecule has 2 aliphatic heterocycles. The van der Waals surface area contributed by atoms with E-state index in [0.29, 0.717) is 54.0 Å². The van der Waals surface area contributed by atoms with Gasteiger partial charge in [0.2, 0.25) is 11.8 Å². The molecule has 1 N–H and O–H groups in total. The second kappa shape index (κ2) is 9.91. The normalized spacial score (nSPS) is 22.5. The van der Waals surface area contributed by atoms with Crippen LogP contribution in [0.4, 0.5) is 13.2 Å². The molecule has 7 nitrogen and oxygen atoms in total. The van der Waals surface area contributed by atoms with Crippen LogP contribution in [0.1, 0.15) is 43.2 Å². The molecule has 0 atom stereocenters. The number of nitrogens with zero attached hydrogens (tertiary/aromatic N) is 3. The summed E-state index contributed by atoms with van der Waals surface area (Å²) in [7, 11) is 2.99. The molecule has 39 heavy (non-hydrogen) atoms. The monoisotopic (exact) mass is 538 g/mol. The Kier molecular flexibility index (Phi) is 6.55. The van der Waals surface area contributed by atoms with Crippen molar-refractivity contribution in [1.29, 1.82) is 0 Å². The maximum atomic E-state index is 14.8. The average molecular weight is 539 g/mol. The van der Waals surface area contributed by atoms with Gasteiger partial charge in [0, 0.05) is 34.7 Å². The fraction of sp³-hybridized carbons (Fsp3) is 0.414. The van der Waals surface area contributed by atoms with E-state index >= 15 is 0 Å². The first kappa shape index (κ1) is 25.8. The Hall–Kier alpha value is -3.50. The summed E-state index contributed by atoms with van der Waals surface area (Å²) in [5, 5.41) is 3.72. The number of hydrogen-bond acceptors (Lipinski definition) is 7. The van der Waals surface area contributed by atoms with Crippen molar-refractivity contribution in [2.45, 2.75) is 56.2 Å². The molecule has 10 heteroatoms. The number of aryl methyl sites for hydroxylation is 1. The second-order valence-corrected chi connectivity index (χ2v) is 10.5. The van der Waals surface area contributed by atoms with Crippen molar-refractivity contribution < 1.29 is 27.4 Å². The van der Waals surface area contributed by atoms with Gasteiger partial charge in [0.05, 0.1) is 43.7 Å². The Bertz CT molecular complexity index is 1540. The fourth-order valence-electron chi connectivity index (χ4n) is 5.90. The molecule has 2 saturated heterocycles. The maximum absolute atomic E-state index is 14.8. The van der Waals surface area contributed by atoms with Gasteiger partial charge in [-0.05, 0) is 62.8 Å². The van der Waals surface area contributed by atoms with Crippen LogP contribution in [0, 0.1) is 17.5 Å². The summed E-state index contributed by atoms with van der Waals surface area (Å²) < 4.78 is 60.5. The molecular formula is C29H29F3N4O3. The number of ether oxygens (including phenoxy) is 3. The highest BCUT2D eigenvalue weighted by Crippen LogP contribution is 2.46. The molecule has 0 radical (unpaired) electrons. The molecule has 1 saturated carbocycles. The molecule has 4 aromatic rings. The molecule has 3 fully saturated rings. The van der Waals surface area contributed by atoms with Crippen molar-refractivity contribution in [3.8, 4) is 11.8 Å². The quantitative estimate of drug-likeness (QED) is 0.321. The minimum absolute atomic E-state index is 0.0516. The Morgan fingerprint density at radius 1 is 0.923 bits per heavy atom. The average Bonchev–Trinajstić information content (AvgIpc) is 2.98. The third kappa shape index (κ3) is 4.65. The molecule has 3 aromatic heterocycles. The van der Waals surface area contributed by atoms with Crippen molar-refractivity contribution in [2.75, 3.05) is 20.8 Å². The highest BCUT2D eigenvalue weighted by atomic mass is 19.1. The summed E-state index contributed by atoms with van der Waals surface area (Å²) >= 11 is 0. The minimum atomic E-state index is -0.596. The lowest BCUT2D eigenvalue weighted by Crippen LogP contribution is -2.61. The van der Waals surface area contributed by atoms with Crippen LogP contribution in [-0.2, 0) is 17.7 Å². The largest absolute Gasteiger partial charge is 0.481 e. The lowest BCUT2D eigenvalue weighted by atomic mass is 9.69. The third-order valence-corrected chi connectivity index (χ3v) is 8.32. The predicted molar refractivity (Wildman–Crippen MR) is 139 cm³/mol. The van der Waals surface area contributed by atoms with Crippen LogP contribution in [0.15, 0.2) is 36.5 Å². The Balaban J connectivity index is 1.15. The number of rotatable bonds is 8. The van der Waals surface area contributed by atoms with E-state index in [4.69, 9.17) is 14.2 Å². The number of nitrogens with one attached hydrogen (secondary N) is 1. The van der Waals surface area contributed by atoms with Crippen LogP contribution in [0.5, 0.6) is 11.8 Å². The molecule has 1 aliphatic carbocycles. The summed E-state index contributed by atoms with van der Waals surface area (Å²) in [6, 6.07) is 7.26. The number of fused-ring (bicyclic) bond motifs is 5. The molecule has 0 unspecified atom stereocenters. The lowest BCUT2D eigenvalue weighted by molar-refractivity contribution is -0.165. The highest BCUT2D eigenvalue weighted by molar-refractivity contribution is 5.81. The summed E-state index contributed by atoms with van der Waals surface area (Å²) in [5.41, 5.74) is 1.69. The number of hydrogen-bond donors (Lipinski definition) is 1. The number of benzene rings is 1. The van der Waals surface area contributed by atoms with Crippen LogP contribution < -0.4 is 14.8 Å². The van der Waals surface area contributed by atoms with Gasteiger partial charge >= 0.3 is 0 Å². The van der Waals surface area contributed by atoms with Crippen molar-refractivity contribution in [3.05, 3.63) is 65.1 Å². The first-order chi connectivity index (χ1) is 18.8. The molecular weight excluding hydrogens is 509 g/mol. The van der Waals surface area contributed by atoms with Crippen molar-refractivity contribution >= 4 is 21.9 Å². The number of aromatic nitrogens is 3.